The van der Waals surface area contributed by atoms with E-state index in [1.807, 2.05) is 49.6 Å². The van der Waals surface area contributed by atoms with E-state index < -0.39 is 5.92 Å². The molecular formula is C16H21N3O2. The number of ether oxygens (including phenoxy) is 1. The van der Waals surface area contributed by atoms with E-state index in [4.69, 9.17) is 4.74 Å². The van der Waals surface area contributed by atoms with Gasteiger partial charge in [0.15, 0.2) is 5.82 Å². The predicted molar refractivity (Wildman–Crippen MR) is 80.1 cm³/mol. The molecule has 0 bridgehead atoms. The lowest BCUT2D eigenvalue weighted by Gasteiger charge is -2.17. The molecule has 1 atom stereocenters. The second kappa shape index (κ2) is 6.52. The van der Waals surface area contributed by atoms with Gasteiger partial charge in [-0.05, 0) is 33.3 Å². The number of esters is 1. The summed E-state index contributed by atoms with van der Waals surface area (Å²) in [4.78, 5) is 12.4. The maximum Gasteiger partial charge on any atom is 0.321 e. The molecule has 0 aliphatic carbocycles. The van der Waals surface area contributed by atoms with Gasteiger partial charge in [0.25, 0.3) is 0 Å². The fourth-order valence-electron chi connectivity index (χ4n) is 2.47. The van der Waals surface area contributed by atoms with Crippen LogP contribution in [0.3, 0.4) is 0 Å². The van der Waals surface area contributed by atoms with E-state index in [9.17, 15) is 4.79 Å². The van der Waals surface area contributed by atoms with Crippen molar-refractivity contribution in [3.63, 3.8) is 0 Å². The van der Waals surface area contributed by atoms with Crippen molar-refractivity contribution < 1.29 is 9.53 Å². The van der Waals surface area contributed by atoms with E-state index >= 15 is 0 Å². The monoisotopic (exact) mass is 287 g/mol. The standard InChI is InChI=1S/C16H21N3O2/c1-5-19-12(4)17-18-15(19)14(16(20)21-6-2)13-9-7-8-11(3)10-13/h7-10,14H,5-6H2,1-4H3. The second-order valence-electron chi connectivity index (χ2n) is 4.95. The summed E-state index contributed by atoms with van der Waals surface area (Å²) in [6.45, 7) is 8.77. The molecule has 5 heteroatoms. The number of rotatable bonds is 5. The van der Waals surface area contributed by atoms with E-state index in [0.29, 0.717) is 12.4 Å². The van der Waals surface area contributed by atoms with Crippen molar-refractivity contribution in [1.82, 2.24) is 14.8 Å². The highest BCUT2D eigenvalue weighted by Crippen LogP contribution is 2.26. The average Bonchev–Trinajstić information content (AvgIpc) is 2.80. The number of carbonyl (C=O) groups is 1. The van der Waals surface area contributed by atoms with Crippen molar-refractivity contribution in [3.8, 4) is 0 Å². The third kappa shape index (κ3) is 3.12. The molecule has 1 heterocycles. The van der Waals surface area contributed by atoms with Gasteiger partial charge in [-0.3, -0.25) is 4.79 Å². The Hall–Kier alpha value is -2.17. The van der Waals surface area contributed by atoms with Crippen LogP contribution in [0.5, 0.6) is 0 Å². The summed E-state index contributed by atoms with van der Waals surface area (Å²) in [6, 6.07) is 7.86. The first-order valence-corrected chi connectivity index (χ1v) is 7.21. The van der Waals surface area contributed by atoms with Gasteiger partial charge in [-0.2, -0.15) is 0 Å². The van der Waals surface area contributed by atoms with E-state index in [1.54, 1.807) is 6.92 Å². The minimum Gasteiger partial charge on any atom is -0.465 e. The summed E-state index contributed by atoms with van der Waals surface area (Å²) in [5.74, 6) is 0.615. The van der Waals surface area contributed by atoms with Crippen LogP contribution in [0.15, 0.2) is 24.3 Å². The Kier molecular flexibility index (Phi) is 4.73. The third-order valence-electron chi connectivity index (χ3n) is 3.44. The van der Waals surface area contributed by atoms with Gasteiger partial charge >= 0.3 is 5.97 Å². The molecule has 0 radical (unpaired) electrons. The quantitative estimate of drug-likeness (QED) is 0.793. The molecule has 2 aromatic rings. The first kappa shape index (κ1) is 15.2. The number of hydrogen-bond acceptors (Lipinski definition) is 4. The number of hydrogen-bond donors (Lipinski definition) is 0. The lowest BCUT2D eigenvalue weighted by atomic mass is 9.96. The van der Waals surface area contributed by atoms with Gasteiger partial charge in [-0.1, -0.05) is 29.8 Å². The fraction of sp³-hybridized carbons (Fsp3) is 0.438. The van der Waals surface area contributed by atoms with Crippen molar-refractivity contribution in [2.45, 2.75) is 40.2 Å². The Labute approximate surface area is 125 Å². The minimum atomic E-state index is -0.536. The molecule has 0 N–H and O–H groups in total. The summed E-state index contributed by atoms with van der Waals surface area (Å²) in [7, 11) is 0. The van der Waals surface area contributed by atoms with Gasteiger partial charge in [0.2, 0.25) is 0 Å². The Morgan fingerprint density at radius 2 is 2.05 bits per heavy atom. The highest BCUT2D eigenvalue weighted by atomic mass is 16.5. The first-order valence-electron chi connectivity index (χ1n) is 7.21. The lowest BCUT2D eigenvalue weighted by molar-refractivity contribution is -0.144. The Morgan fingerprint density at radius 3 is 2.67 bits per heavy atom. The van der Waals surface area contributed by atoms with Crippen LogP contribution in [0.4, 0.5) is 0 Å². The molecule has 21 heavy (non-hydrogen) atoms. The first-order chi connectivity index (χ1) is 10.1. The van der Waals surface area contributed by atoms with Crippen LogP contribution in [0.1, 0.15) is 42.5 Å². The molecule has 0 saturated carbocycles. The average molecular weight is 287 g/mol. The molecule has 1 aromatic heterocycles. The van der Waals surface area contributed by atoms with Gasteiger partial charge in [-0.15, -0.1) is 10.2 Å². The van der Waals surface area contributed by atoms with Crippen LogP contribution in [0, 0.1) is 13.8 Å². The van der Waals surface area contributed by atoms with Gasteiger partial charge in [0.1, 0.15) is 11.7 Å². The maximum absolute atomic E-state index is 12.4. The normalized spacial score (nSPS) is 12.2. The highest BCUT2D eigenvalue weighted by molar-refractivity contribution is 5.81. The Balaban J connectivity index is 2.53. The molecule has 0 amide bonds. The highest BCUT2D eigenvalue weighted by Gasteiger charge is 2.29. The van der Waals surface area contributed by atoms with Crippen molar-refractivity contribution in [3.05, 3.63) is 47.0 Å². The van der Waals surface area contributed by atoms with Gasteiger partial charge in [-0.25, -0.2) is 0 Å². The largest absolute Gasteiger partial charge is 0.465 e. The minimum absolute atomic E-state index is 0.287. The summed E-state index contributed by atoms with van der Waals surface area (Å²) < 4.78 is 7.19. The zero-order chi connectivity index (χ0) is 15.4. The number of nitrogens with zero attached hydrogens (tertiary/aromatic N) is 3. The van der Waals surface area contributed by atoms with Gasteiger partial charge in [0.05, 0.1) is 6.61 Å². The molecule has 1 aromatic carbocycles. The second-order valence-corrected chi connectivity index (χ2v) is 4.95. The molecule has 0 saturated heterocycles. The summed E-state index contributed by atoms with van der Waals surface area (Å²) in [5.41, 5.74) is 1.98. The Bertz CT molecular complexity index is 634. The van der Waals surface area contributed by atoms with Crippen molar-refractivity contribution in [1.29, 1.82) is 0 Å². The predicted octanol–water partition coefficient (Wildman–Crippen LogP) is 2.61. The molecule has 5 nitrogen and oxygen atoms in total. The van der Waals surface area contributed by atoms with E-state index in [0.717, 1.165) is 23.5 Å². The summed E-state index contributed by atoms with van der Waals surface area (Å²) >= 11 is 0. The van der Waals surface area contributed by atoms with Gasteiger partial charge < -0.3 is 9.30 Å². The lowest BCUT2D eigenvalue weighted by Crippen LogP contribution is -2.21. The molecule has 2 rings (SSSR count). The van der Waals surface area contributed by atoms with Crippen LogP contribution in [-0.2, 0) is 16.1 Å². The van der Waals surface area contributed by atoms with Crippen LogP contribution >= 0.6 is 0 Å². The number of aryl methyl sites for hydroxylation is 2. The maximum atomic E-state index is 12.4. The topological polar surface area (TPSA) is 57.0 Å². The summed E-state index contributed by atoms with van der Waals surface area (Å²) in [5, 5.41) is 8.31. The Morgan fingerprint density at radius 1 is 1.29 bits per heavy atom. The van der Waals surface area contributed by atoms with Crippen molar-refractivity contribution >= 4 is 5.97 Å². The van der Waals surface area contributed by atoms with Crippen molar-refractivity contribution in [2.24, 2.45) is 0 Å². The van der Waals surface area contributed by atoms with Gasteiger partial charge in [0, 0.05) is 6.54 Å². The number of carbonyl (C=O) groups excluding carboxylic acids is 1. The molecule has 0 aliphatic heterocycles. The van der Waals surface area contributed by atoms with E-state index in [2.05, 4.69) is 10.2 Å². The molecule has 1 unspecified atom stereocenters. The smallest absolute Gasteiger partial charge is 0.321 e. The molecule has 0 spiro atoms. The van der Waals surface area contributed by atoms with E-state index in [-0.39, 0.29) is 5.97 Å². The van der Waals surface area contributed by atoms with Crippen molar-refractivity contribution in [2.75, 3.05) is 6.61 Å². The summed E-state index contributed by atoms with van der Waals surface area (Å²) in [6.07, 6.45) is 0. The third-order valence-corrected chi connectivity index (χ3v) is 3.44. The van der Waals surface area contributed by atoms with E-state index in [1.165, 1.54) is 0 Å². The SMILES string of the molecule is CCOC(=O)C(c1cccc(C)c1)c1nnc(C)n1CC. The van der Waals surface area contributed by atoms with Crippen LogP contribution in [0.2, 0.25) is 0 Å². The molecule has 0 aliphatic rings. The fourth-order valence-corrected chi connectivity index (χ4v) is 2.47. The van der Waals surface area contributed by atoms with Crippen LogP contribution < -0.4 is 0 Å². The van der Waals surface area contributed by atoms with Crippen LogP contribution in [-0.4, -0.2) is 27.3 Å². The molecule has 0 fully saturated rings. The number of benzene rings is 1. The number of aromatic nitrogens is 3. The zero-order valence-corrected chi connectivity index (χ0v) is 13.0. The van der Waals surface area contributed by atoms with Crippen LogP contribution in [0.25, 0.3) is 0 Å². The zero-order valence-electron chi connectivity index (χ0n) is 13.0. The molecular weight excluding hydrogens is 266 g/mol. The molecule has 112 valence electrons.